The van der Waals surface area contributed by atoms with Crippen LogP contribution in [-0.2, 0) is 0 Å². The number of hydrogen-bond acceptors (Lipinski definition) is 3. The van der Waals surface area contributed by atoms with E-state index in [1.807, 2.05) is 6.92 Å². The second-order valence-corrected chi connectivity index (χ2v) is 4.51. The molecule has 116 valence electrons. The quantitative estimate of drug-likeness (QED) is 0.912. The van der Waals surface area contributed by atoms with Crippen LogP contribution in [0.1, 0.15) is 15.9 Å². The molecule has 0 atom stereocenters. The van der Waals surface area contributed by atoms with Crippen molar-refractivity contribution in [2.75, 3.05) is 12.4 Å². The Hall–Kier alpha value is -2.63. The minimum atomic E-state index is -2.96. The van der Waals surface area contributed by atoms with Crippen LogP contribution in [0.15, 0.2) is 42.5 Å². The number of benzene rings is 2. The number of aryl methyl sites for hydroxylation is 1. The number of alkyl halides is 2. The van der Waals surface area contributed by atoms with Gasteiger partial charge in [0.25, 0.3) is 5.91 Å². The highest BCUT2D eigenvalue weighted by atomic mass is 19.3. The van der Waals surface area contributed by atoms with Gasteiger partial charge in [0, 0.05) is 5.56 Å². The fourth-order valence-corrected chi connectivity index (χ4v) is 1.92. The van der Waals surface area contributed by atoms with Gasteiger partial charge in [0.1, 0.15) is 11.5 Å². The number of anilines is 1. The van der Waals surface area contributed by atoms with Gasteiger partial charge in [0.2, 0.25) is 0 Å². The number of carbonyl (C=O) groups is 1. The maximum absolute atomic E-state index is 12.4. The number of hydrogen-bond donors (Lipinski definition) is 1. The van der Waals surface area contributed by atoms with E-state index in [4.69, 9.17) is 4.74 Å². The van der Waals surface area contributed by atoms with Crippen molar-refractivity contribution in [3.8, 4) is 11.5 Å². The van der Waals surface area contributed by atoms with Gasteiger partial charge in [-0.15, -0.1) is 0 Å². The van der Waals surface area contributed by atoms with Gasteiger partial charge >= 0.3 is 6.61 Å². The standard InChI is InChI=1S/C16H15F2NO3/c1-10-7-8-11(9-14(10)21-2)15(20)19-12-5-3-4-6-13(12)22-16(17)18/h3-9,16H,1-2H3,(H,19,20). The molecule has 0 heterocycles. The third-order valence-corrected chi connectivity index (χ3v) is 3.02. The number of halogens is 2. The van der Waals surface area contributed by atoms with E-state index in [-0.39, 0.29) is 11.4 Å². The number of methoxy groups -OCH3 is 1. The first-order valence-corrected chi connectivity index (χ1v) is 6.51. The molecular weight excluding hydrogens is 292 g/mol. The fraction of sp³-hybridized carbons (Fsp3) is 0.188. The molecule has 1 amide bonds. The molecule has 4 nitrogen and oxygen atoms in total. The van der Waals surface area contributed by atoms with Crippen LogP contribution < -0.4 is 14.8 Å². The molecule has 0 aliphatic carbocycles. The first kappa shape index (κ1) is 15.8. The number of carbonyl (C=O) groups excluding carboxylic acids is 1. The van der Waals surface area contributed by atoms with Crippen LogP contribution in [-0.4, -0.2) is 19.6 Å². The van der Waals surface area contributed by atoms with Crippen LogP contribution in [0.5, 0.6) is 11.5 Å². The molecule has 0 radical (unpaired) electrons. The van der Waals surface area contributed by atoms with Gasteiger partial charge in [-0.05, 0) is 36.8 Å². The Morgan fingerprint density at radius 1 is 1.14 bits per heavy atom. The monoisotopic (exact) mass is 307 g/mol. The lowest BCUT2D eigenvalue weighted by molar-refractivity contribution is -0.0493. The van der Waals surface area contributed by atoms with E-state index in [1.165, 1.54) is 19.2 Å². The molecule has 1 N–H and O–H groups in total. The predicted octanol–water partition coefficient (Wildman–Crippen LogP) is 3.86. The smallest absolute Gasteiger partial charge is 0.387 e. The third kappa shape index (κ3) is 3.72. The molecule has 2 rings (SSSR count). The summed E-state index contributed by atoms with van der Waals surface area (Å²) < 4.78 is 34.2. The van der Waals surface area contributed by atoms with Crippen molar-refractivity contribution in [2.45, 2.75) is 13.5 Å². The van der Waals surface area contributed by atoms with E-state index >= 15 is 0 Å². The van der Waals surface area contributed by atoms with Crippen molar-refractivity contribution < 1.29 is 23.0 Å². The summed E-state index contributed by atoms with van der Waals surface area (Å²) in [5, 5.41) is 2.55. The number of rotatable bonds is 5. The Morgan fingerprint density at radius 2 is 1.86 bits per heavy atom. The van der Waals surface area contributed by atoms with Gasteiger partial charge in [-0.1, -0.05) is 18.2 Å². The van der Waals surface area contributed by atoms with Crippen LogP contribution in [0, 0.1) is 6.92 Å². The summed E-state index contributed by atoms with van der Waals surface area (Å²) in [5.74, 6) is 0.0401. The van der Waals surface area contributed by atoms with Crippen LogP contribution in [0.25, 0.3) is 0 Å². The molecule has 0 bridgehead atoms. The summed E-state index contributed by atoms with van der Waals surface area (Å²) in [6, 6.07) is 11.0. The molecular formula is C16H15F2NO3. The molecule has 0 unspecified atom stereocenters. The SMILES string of the molecule is COc1cc(C(=O)Nc2ccccc2OC(F)F)ccc1C. The highest BCUT2D eigenvalue weighted by Gasteiger charge is 2.13. The molecule has 0 aliphatic rings. The van der Waals surface area contributed by atoms with Crippen molar-refractivity contribution in [1.29, 1.82) is 0 Å². The molecule has 0 aliphatic heterocycles. The molecule has 0 spiro atoms. The summed E-state index contributed by atoms with van der Waals surface area (Å²) in [4.78, 5) is 12.2. The lowest BCUT2D eigenvalue weighted by Gasteiger charge is -2.12. The molecule has 0 fully saturated rings. The fourth-order valence-electron chi connectivity index (χ4n) is 1.92. The highest BCUT2D eigenvalue weighted by Crippen LogP contribution is 2.26. The van der Waals surface area contributed by atoms with Crippen LogP contribution in [0.3, 0.4) is 0 Å². The van der Waals surface area contributed by atoms with Crippen molar-refractivity contribution in [3.05, 3.63) is 53.6 Å². The molecule has 0 aromatic heterocycles. The van der Waals surface area contributed by atoms with Crippen molar-refractivity contribution in [3.63, 3.8) is 0 Å². The summed E-state index contributed by atoms with van der Waals surface area (Å²) >= 11 is 0. The van der Waals surface area contributed by atoms with Gasteiger partial charge in [-0.3, -0.25) is 4.79 Å². The minimum absolute atomic E-state index is 0.0927. The Bertz CT molecular complexity index is 674. The van der Waals surface area contributed by atoms with Crippen LogP contribution in [0.4, 0.5) is 14.5 Å². The summed E-state index contributed by atoms with van der Waals surface area (Å²) in [6.45, 7) is -1.11. The summed E-state index contributed by atoms with van der Waals surface area (Å²) in [5.41, 5.74) is 1.42. The van der Waals surface area contributed by atoms with Crippen molar-refractivity contribution in [1.82, 2.24) is 0 Å². The van der Waals surface area contributed by atoms with E-state index in [2.05, 4.69) is 10.1 Å². The molecule has 2 aromatic carbocycles. The Kier molecular flexibility index (Phi) is 4.93. The number of para-hydroxylation sites is 2. The first-order valence-electron chi connectivity index (χ1n) is 6.51. The topological polar surface area (TPSA) is 47.6 Å². The zero-order valence-corrected chi connectivity index (χ0v) is 12.1. The first-order chi connectivity index (χ1) is 10.5. The zero-order valence-electron chi connectivity index (χ0n) is 12.1. The normalized spacial score (nSPS) is 10.4. The van der Waals surface area contributed by atoms with Crippen LogP contribution in [0.2, 0.25) is 0 Å². The molecule has 22 heavy (non-hydrogen) atoms. The Morgan fingerprint density at radius 3 is 2.55 bits per heavy atom. The molecule has 0 saturated carbocycles. The van der Waals surface area contributed by atoms with E-state index in [0.717, 1.165) is 5.56 Å². The van der Waals surface area contributed by atoms with Gasteiger partial charge in [-0.2, -0.15) is 8.78 Å². The van der Waals surface area contributed by atoms with Gasteiger partial charge < -0.3 is 14.8 Å². The van der Waals surface area contributed by atoms with Crippen molar-refractivity contribution >= 4 is 11.6 Å². The zero-order chi connectivity index (χ0) is 16.1. The number of ether oxygens (including phenoxy) is 2. The average molecular weight is 307 g/mol. The minimum Gasteiger partial charge on any atom is -0.496 e. The lowest BCUT2D eigenvalue weighted by atomic mass is 10.1. The third-order valence-electron chi connectivity index (χ3n) is 3.02. The summed E-state index contributed by atoms with van der Waals surface area (Å²) in [7, 11) is 1.51. The second-order valence-electron chi connectivity index (χ2n) is 4.51. The average Bonchev–Trinajstić information content (AvgIpc) is 2.49. The van der Waals surface area contributed by atoms with E-state index < -0.39 is 12.5 Å². The Balaban J connectivity index is 2.22. The second kappa shape index (κ2) is 6.89. The van der Waals surface area contributed by atoms with E-state index in [9.17, 15) is 13.6 Å². The highest BCUT2D eigenvalue weighted by molar-refractivity contribution is 6.05. The van der Waals surface area contributed by atoms with Gasteiger partial charge in [0.05, 0.1) is 12.8 Å². The van der Waals surface area contributed by atoms with Crippen molar-refractivity contribution in [2.24, 2.45) is 0 Å². The maximum Gasteiger partial charge on any atom is 0.387 e. The molecule has 2 aromatic rings. The Labute approximate surface area is 126 Å². The molecule has 0 saturated heterocycles. The molecule has 6 heteroatoms. The van der Waals surface area contributed by atoms with E-state index in [0.29, 0.717) is 11.3 Å². The van der Waals surface area contributed by atoms with E-state index in [1.54, 1.807) is 30.3 Å². The van der Waals surface area contributed by atoms with Gasteiger partial charge in [-0.25, -0.2) is 0 Å². The summed E-state index contributed by atoms with van der Waals surface area (Å²) in [6.07, 6.45) is 0. The maximum atomic E-state index is 12.4. The largest absolute Gasteiger partial charge is 0.496 e. The van der Waals surface area contributed by atoms with Gasteiger partial charge in [0.15, 0.2) is 0 Å². The lowest BCUT2D eigenvalue weighted by Crippen LogP contribution is -2.14. The van der Waals surface area contributed by atoms with Crippen LogP contribution >= 0.6 is 0 Å². The number of nitrogens with one attached hydrogen (secondary N) is 1. The predicted molar refractivity (Wildman–Crippen MR) is 78.8 cm³/mol. The number of amides is 1.